The monoisotopic (exact) mass is 362 g/mol. The minimum absolute atomic E-state index is 0.00936. The highest BCUT2D eigenvalue weighted by Gasteiger charge is 2.68. The molecular weight excluding hydrogens is 332 g/mol. The van der Waals surface area contributed by atoms with E-state index in [1.54, 1.807) is 13.8 Å². The second kappa shape index (κ2) is 5.75. The quantitative estimate of drug-likeness (QED) is 0.603. The second-order valence-corrected chi connectivity index (χ2v) is 9.53. The van der Waals surface area contributed by atoms with Gasteiger partial charge < -0.3 is 9.84 Å². The van der Waals surface area contributed by atoms with E-state index in [4.69, 9.17) is 4.74 Å². The summed E-state index contributed by atoms with van der Waals surface area (Å²) in [5.41, 5.74) is -2.29. The molecule has 26 heavy (non-hydrogen) atoms. The fourth-order valence-corrected chi connectivity index (χ4v) is 6.19. The average Bonchev–Trinajstić information content (AvgIpc) is 2.79. The van der Waals surface area contributed by atoms with E-state index in [0.717, 1.165) is 19.3 Å². The molecule has 0 aromatic carbocycles. The van der Waals surface area contributed by atoms with Crippen molar-refractivity contribution in [3.8, 4) is 0 Å². The third-order valence-corrected chi connectivity index (χ3v) is 7.24. The Morgan fingerprint density at radius 3 is 2.35 bits per heavy atom. The maximum Gasteiger partial charge on any atom is 0.343 e. The highest BCUT2D eigenvalue weighted by atomic mass is 16.5. The molecule has 3 aliphatic carbocycles. The van der Waals surface area contributed by atoms with Crippen LogP contribution in [0.2, 0.25) is 0 Å². The minimum Gasteiger partial charge on any atom is -0.467 e. The number of allylic oxidation sites excluding steroid dienone is 1. The van der Waals surface area contributed by atoms with Crippen LogP contribution < -0.4 is 0 Å². The average molecular weight is 362 g/mol. The van der Waals surface area contributed by atoms with Gasteiger partial charge in [0.2, 0.25) is 0 Å². The molecule has 5 heteroatoms. The van der Waals surface area contributed by atoms with Crippen LogP contribution in [-0.4, -0.2) is 35.4 Å². The number of hydrogen-bond acceptors (Lipinski definition) is 5. The molecule has 1 saturated carbocycles. The molecule has 4 atom stereocenters. The van der Waals surface area contributed by atoms with Crippen LogP contribution in [0.1, 0.15) is 60.3 Å². The first-order valence-corrected chi connectivity index (χ1v) is 9.56. The molecule has 3 aliphatic rings. The molecule has 0 bridgehead atoms. The molecule has 0 heterocycles. The highest BCUT2D eigenvalue weighted by molar-refractivity contribution is 6.27. The summed E-state index contributed by atoms with van der Waals surface area (Å²) < 4.78 is 4.94. The predicted molar refractivity (Wildman–Crippen MR) is 96.2 cm³/mol. The number of Topliss-reactive ketones (excluding diaryl/α,β-unsaturated/α-hetero) is 2. The Labute approximate surface area is 155 Å². The van der Waals surface area contributed by atoms with Gasteiger partial charge in [0.25, 0.3) is 0 Å². The third kappa shape index (κ3) is 2.22. The van der Waals surface area contributed by atoms with E-state index in [1.807, 2.05) is 6.92 Å². The summed E-state index contributed by atoms with van der Waals surface area (Å²) in [4.78, 5) is 38.9. The van der Waals surface area contributed by atoms with Crippen LogP contribution in [0.5, 0.6) is 0 Å². The Morgan fingerprint density at radius 2 is 1.81 bits per heavy atom. The van der Waals surface area contributed by atoms with Crippen LogP contribution in [0.3, 0.4) is 0 Å². The summed E-state index contributed by atoms with van der Waals surface area (Å²) in [6, 6.07) is 0. The van der Waals surface area contributed by atoms with Crippen molar-refractivity contribution < 1.29 is 24.2 Å². The second-order valence-electron chi connectivity index (χ2n) is 9.53. The third-order valence-electron chi connectivity index (χ3n) is 7.24. The summed E-state index contributed by atoms with van der Waals surface area (Å²) >= 11 is 0. The van der Waals surface area contributed by atoms with Crippen LogP contribution in [-0.2, 0) is 19.1 Å². The van der Waals surface area contributed by atoms with Crippen LogP contribution in [0, 0.1) is 28.6 Å². The van der Waals surface area contributed by atoms with Crippen molar-refractivity contribution >= 4 is 17.5 Å². The molecule has 1 N–H and O–H groups in total. The van der Waals surface area contributed by atoms with Crippen LogP contribution in [0.25, 0.3) is 0 Å². The number of hydrogen-bond donors (Lipinski definition) is 1. The number of fused-ring (bicyclic) bond motifs is 2. The van der Waals surface area contributed by atoms with Gasteiger partial charge in [-0.25, -0.2) is 4.79 Å². The largest absolute Gasteiger partial charge is 0.467 e. The molecule has 0 aromatic heterocycles. The topological polar surface area (TPSA) is 80.7 Å². The molecule has 0 aliphatic heterocycles. The maximum atomic E-state index is 13.2. The van der Waals surface area contributed by atoms with E-state index in [2.05, 4.69) is 13.8 Å². The van der Waals surface area contributed by atoms with E-state index in [0.29, 0.717) is 12.0 Å². The minimum atomic E-state index is -2.05. The van der Waals surface area contributed by atoms with Gasteiger partial charge in [0.05, 0.1) is 18.6 Å². The Bertz CT molecular complexity index is 716. The van der Waals surface area contributed by atoms with E-state index in [9.17, 15) is 19.5 Å². The van der Waals surface area contributed by atoms with Gasteiger partial charge in [-0.3, -0.25) is 9.59 Å². The van der Waals surface area contributed by atoms with Crippen molar-refractivity contribution in [3.63, 3.8) is 0 Å². The molecule has 1 fully saturated rings. The predicted octanol–water partition coefficient (Wildman–Crippen LogP) is 2.85. The molecular formula is C21H30O5. The van der Waals surface area contributed by atoms with Gasteiger partial charge in [-0.05, 0) is 41.1 Å². The summed E-state index contributed by atoms with van der Waals surface area (Å²) in [6.45, 7) is 9.89. The van der Waals surface area contributed by atoms with Crippen molar-refractivity contribution in [2.45, 2.75) is 65.9 Å². The van der Waals surface area contributed by atoms with E-state index in [1.165, 1.54) is 7.11 Å². The summed E-state index contributed by atoms with van der Waals surface area (Å²) in [6.07, 6.45) is 2.98. The smallest absolute Gasteiger partial charge is 0.343 e. The van der Waals surface area contributed by atoms with Crippen molar-refractivity contribution in [3.05, 3.63) is 11.1 Å². The summed E-state index contributed by atoms with van der Waals surface area (Å²) in [7, 11) is 1.22. The van der Waals surface area contributed by atoms with Crippen molar-refractivity contribution in [2.75, 3.05) is 7.11 Å². The molecule has 144 valence electrons. The van der Waals surface area contributed by atoms with Crippen molar-refractivity contribution in [2.24, 2.45) is 28.6 Å². The lowest BCUT2D eigenvalue weighted by atomic mass is 9.48. The van der Waals surface area contributed by atoms with Crippen LogP contribution >= 0.6 is 0 Å². The van der Waals surface area contributed by atoms with Gasteiger partial charge in [-0.2, -0.15) is 0 Å². The van der Waals surface area contributed by atoms with Crippen molar-refractivity contribution in [1.29, 1.82) is 0 Å². The van der Waals surface area contributed by atoms with Crippen LogP contribution in [0.4, 0.5) is 0 Å². The molecule has 0 aromatic rings. The number of ether oxygens (including phenoxy) is 1. The molecule has 0 spiro atoms. The molecule has 5 nitrogen and oxygen atoms in total. The van der Waals surface area contributed by atoms with Crippen molar-refractivity contribution in [1.82, 2.24) is 0 Å². The summed E-state index contributed by atoms with van der Waals surface area (Å²) in [5, 5.41) is 11.6. The van der Waals surface area contributed by atoms with E-state index < -0.39 is 28.7 Å². The number of ketones is 2. The van der Waals surface area contributed by atoms with E-state index in [-0.39, 0.29) is 28.6 Å². The lowest BCUT2D eigenvalue weighted by molar-refractivity contribution is -0.169. The number of aliphatic hydroxyl groups is 1. The molecule has 0 saturated heterocycles. The first-order valence-electron chi connectivity index (χ1n) is 9.56. The molecule has 4 unspecified atom stereocenters. The zero-order valence-electron chi connectivity index (χ0n) is 16.6. The fraction of sp³-hybridized carbons (Fsp3) is 0.762. The lowest BCUT2D eigenvalue weighted by Crippen LogP contribution is -2.56. The molecule has 0 amide bonds. The number of carbonyl (C=O) groups excluding carboxylic acids is 3. The fourth-order valence-electron chi connectivity index (χ4n) is 6.19. The Kier molecular flexibility index (Phi) is 4.26. The van der Waals surface area contributed by atoms with Gasteiger partial charge >= 0.3 is 5.97 Å². The van der Waals surface area contributed by atoms with E-state index >= 15 is 0 Å². The Morgan fingerprint density at radius 1 is 1.19 bits per heavy atom. The molecule has 0 radical (unpaired) electrons. The van der Waals surface area contributed by atoms with Gasteiger partial charge in [-0.15, -0.1) is 0 Å². The lowest BCUT2D eigenvalue weighted by Gasteiger charge is -2.55. The van der Waals surface area contributed by atoms with Gasteiger partial charge in [0, 0.05) is 6.42 Å². The first-order chi connectivity index (χ1) is 11.9. The van der Waals surface area contributed by atoms with Gasteiger partial charge in [0.1, 0.15) is 0 Å². The molecule has 3 rings (SSSR count). The van der Waals surface area contributed by atoms with Gasteiger partial charge in [-0.1, -0.05) is 41.0 Å². The Balaban J connectivity index is 2.31. The number of esters is 1. The SMILES string of the molecule is COC(=O)C1(O)C2=C(C(=O)CC3C(C)(C)CCCC23C)C(=O)C1C(C)C. The first kappa shape index (κ1) is 19.3. The zero-order chi connectivity index (χ0) is 19.7. The normalized spacial score (nSPS) is 39.1. The standard InChI is InChI=1S/C21H30O5/c1-11(2)15-16(23)14-12(22)10-13-19(3,4)8-7-9-20(13,5)17(14)21(15,25)18(24)26-6/h11,13,15,25H,7-10H2,1-6H3. The summed E-state index contributed by atoms with van der Waals surface area (Å²) in [5.74, 6) is -2.71. The number of methoxy groups -OCH3 is 1. The zero-order valence-corrected chi connectivity index (χ0v) is 16.6. The number of rotatable bonds is 2. The van der Waals surface area contributed by atoms with Gasteiger partial charge in [0.15, 0.2) is 17.2 Å². The Hall–Kier alpha value is -1.49. The number of carbonyl (C=O) groups is 3. The maximum absolute atomic E-state index is 13.2. The van der Waals surface area contributed by atoms with Crippen LogP contribution in [0.15, 0.2) is 11.1 Å². The highest BCUT2D eigenvalue weighted by Crippen LogP contribution is 2.64.